The smallest absolute Gasteiger partial charge is 0.312 e. The number of rotatable bonds is 7. The SMILES string of the molecule is Cc1cccnc1[C@H]1CCC[C@@H](c2ncccc2C)N1Cc1ccc(CNC(N)=O)cc1CO. The van der Waals surface area contributed by atoms with Crippen LogP contribution in [0.25, 0.3) is 0 Å². The van der Waals surface area contributed by atoms with Crippen molar-refractivity contribution in [3.05, 3.63) is 94.1 Å². The number of benzene rings is 1. The fourth-order valence-corrected chi connectivity index (χ4v) is 5.03. The molecule has 4 rings (SSSR count). The molecule has 0 bridgehead atoms. The van der Waals surface area contributed by atoms with Gasteiger partial charge in [0, 0.05) is 25.5 Å². The number of aliphatic hydroxyl groups excluding tert-OH is 1. The number of nitrogens with one attached hydrogen (secondary N) is 1. The van der Waals surface area contributed by atoms with Crippen LogP contribution in [-0.4, -0.2) is 26.0 Å². The summed E-state index contributed by atoms with van der Waals surface area (Å²) in [5, 5.41) is 12.8. The second-order valence-electron chi connectivity index (χ2n) is 9.02. The first-order valence-corrected chi connectivity index (χ1v) is 11.8. The van der Waals surface area contributed by atoms with Crippen molar-refractivity contribution in [2.45, 2.75) is 64.9 Å². The highest BCUT2D eigenvalue weighted by Gasteiger charge is 2.35. The molecule has 178 valence electrons. The summed E-state index contributed by atoms with van der Waals surface area (Å²) in [6.07, 6.45) is 6.89. The number of carbonyl (C=O) groups is 1. The van der Waals surface area contributed by atoms with Crippen LogP contribution in [0.4, 0.5) is 4.79 Å². The molecule has 0 spiro atoms. The van der Waals surface area contributed by atoms with Gasteiger partial charge in [0.2, 0.25) is 0 Å². The third-order valence-corrected chi connectivity index (χ3v) is 6.75. The molecule has 7 heteroatoms. The molecule has 3 aromatic rings. The Morgan fingerprint density at radius 3 is 2.18 bits per heavy atom. The lowest BCUT2D eigenvalue weighted by atomic mass is 9.88. The Labute approximate surface area is 201 Å². The van der Waals surface area contributed by atoms with Gasteiger partial charge in [-0.2, -0.15) is 0 Å². The van der Waals surface area contributed by atoms with Crippen LogP contribution in [-0.2, 0) is 19.7 Å². The van der Waals surface area contributed by atoms with Gasteiger partial charge < -0.3 is 16.2 Å². The third kappa shape index (κ3) is 5.26. The van der Waals surface area contributed by atoms with Gasteiger partial charge in [-0.15, -0.1) is 0 Å². The molecule has 34 heavy (non-hydrogen) atoms. The molecule has 3 heterocycles. The van der Waals surface area contributed by atoms with E-state index in [0.717, 1.165) is 47.3 Å². The maximum absolute atomic E-state index is 11.1. The van der Waals surface area contributed by atoms with Gasteiger partial charge in [-0.1, -0.05) is 30.3 Å². The number of nitrogens with two attached hydrogens (primary N) is 1. The number of carbonyl (C=O) groups excluding carboxylic acids is 1. The minimum Gasteiger partial charge on any atom is -0.392 e. The lowest BCUT2D eigenvalue weighted by Gasteiger charge is -2.43. The Balaban J connectivity index is 1.72. The fraction of sp³-hybridized carbons (Fsp3) is 0.370. The molecule has 1 saturated heterocycles. The van der Waals surface area contributed by atoms with E-state index < -0.39 is 6.03 Å². The average molecular weight is 460 g/mol. The maximum atomic E-state index is 11.1. The molecule has 0 radical (unpaired) electrons. The number of hydrogen-bond donors (Lipinski definition) is 3. The van der Waals surface area contributed by atoms with E-state index in [4.69, 9.17) is 15.7 Å². The first-order chi connectivity index (χ1) is 16.5. The summed E-state index contributed by atoms with van der Waals surface area (Å²) < 4.78 is 0. The van der Waals surface area contributed by atoms with E-state index in [-0.39, 0.29) is 18.7 Å². The van der Waals surface area contributed by atoms with Crippen molar-refractivity contribution in [2.24, 2.45) is 5.73 Å². The molecule has 0 saturated carbocycles. The normalized spacial score (nSPS) is 18.6. The van der Waals surface area contributed by atoms with Gasteiger partial charge >= 0.3 is 6.03 Å². The van der Waals surface area contributed by atoms with Gasteiger partial charge in [-0.05, 0) is 73.1 Å². The molecule has 2 aromatic heterocycles. The Bertz CT molecular complexity index is 1100. The summed E-state index contributed by atoms with van der Waals surface area (Å²) in [6.45, 7) is 5.17. The number of hydrogen-bond acceptors (Lipinski definition) is 5. The molecule has 1 fully saturated rings. The number of aryl methyl sites for hydroxylation is 2. The van der Waals surface area contributed by atoms with E-state index in [1.807, 2.05) is 42.7 Å². The van der Waals surface area contributed by atoms with Crippen LogP contribution in [0.3, 0.4) is 0 Å². The van der Waals surface area contributed by atoms with Crippen LogP contribution < -0.4 is 11.1 Å². The van der Waals surface area contributed by atoms with Crippen LogP contribution >= 0.6 is 0 Å². The molecule has 0 aliphatic carbocycles. The minimum absolute atomic E-state index is 0.0753. The topological polar surface area (TPSA) is 104 Å². The van der Waals surface area contributed by atoms with Crippen LogP contribution in [0.1, 0.15) is 70.6 Å². The van der Waals surface area contributed by atoms with E-state index in [1.165, 1.54) is 11.1 Å². The lowest BCUT2D eigenvalue weighted by molar-refractivity contribution is 0.0672. The number of likely N-dealkylation sites (tertiary alicyclic amines) is 1. The van der Waals surface area contributed by atoms with Gasteiger partial charge in [0.15, 0.2) is 0 Å². The van der Waals surface area contributed by atoms with Gasteiger partial charge in [-0.3, -0.25) is 14.9 Å². The number of nitrogens with zero attached hydrogens (tertiary/aromatic N) is 3. The van der Waals surface area contributed by atoms with Crippen molar-refractivity contribution in [1.29, 1.82) is 0 Å². The van der Waals surface area contributed by atoms with E-state index in [0.29, 0.717) is 13.1 Å². The monoisotopic (exact) mass is 459 g/mol. The number of aliphatic hydroxyl groups is 1. The number of pyridine rings is 2. The van der Waals surface area contributed by atoms with E-state index in [1.54, 1.807) is 0 Å². The van der Waals surface area contributed by atoms with Crippen molar-refractivity contribution in [3.8, 4) is 0 Å². The standard InChI is InChI=1S/C27H33N5O2/c1-18-6-4-12-29-25(18)23-8-3-9-24(26-19(2)7-5-13-30-26)32(23)16-21-11-10-20(14-22(21)17-33)15-31-27(28)34/h4-7,10-14,23-24,33H,3,8-9,15-17H2,1-2H3,(H3,28,31,34)/t23-,24+. The average Bonchev–Trinajstić information content (AvgIpc) is 2.84. The maximum Gasteiger partial charge on any atom is 0.312 e. The Hall–Kier alpha value is -3.29. The second-order valence-corrected chi connectivity index (χ2v) is 9.02. The molecular formula is C27H33N5O2. The quantitative estimate of drug-likeness (QED) is 0.491. The van der Waals surface area contributed by atoms with Crippen molar-refractivity contribution >= 4 is 6.03 Å². The second kappa shape index (κ2) is 10.8. The highest BCUT2D eigenvalue weighted by Crippen LogP contribution is 2.43. The summed E-state index contributed by atoms with van der Waals surface area (Å²) >= 11 is 0. The molecule has 4 N–H and O–H groups in total. The van der Waals surface area contributed by atoms with Gasteiger partial charge in [0.25, 0.3) is 0 Å². The highest BCUT2D eigenvalue weighted by molar-refractivity contribution is 5.71. The molecular weight excluding hydrogens is 426 g/mol. The fourth-order valence-electron chi connectivity index (χ4n) is 5.03. The van der Waals surface area contributed by atoms with Crippen molar-refractivity contribution in [3.63, 3.8) is 0 Å². The van der Waals surface area contributed by atoms with Crippen LogP contribution in [0.15, 0.2) is 54.9 Å². The Morgan fingerprint density at radius 1 is 1.03 bits per heavy atom. The predicted molar refractivity (Wildman–Crippen MR) is 132 cm³/mol. The summed E-state index contributed by atoms with van der Waals surface area (Å²) in [6, 6.07) is 13.9. The van der Waals surface area contributed by atoms with Crippen molar-refractivity contribution in [1.82, 2.24) is 20.2 Å². The number of primary amides is 1. The Morgan fingerprint density at radius 2 is 1.65 bits per heavy atom. The molecule has 2 amide bonds. The summed E-state index contributed by atoms with van der Waals surface area (Å²) in [4.78, 5) is 23.2. The van der Waals surface area contributed by atoms with E-state index in [9.17, 15) is 9.90 Å². The van der Waals surface area contributed by atoms with E-state index >= 15 is 0 Å². The zero-order valence-electron chi connectivity index (χ0n) is 19.9. The largest absolute Gasteiger partial charge is 0.392 e. The molecule has 1 aromatic carbocycles. The molecule has 1 aliphatic heterocycles. The van der Waals surface area contributed by atoms with Crippen LogP contribution in [0.5, 0.6) is 0 Å². The Kier molecular flexibility index (Phi) is 7.55. The molecule has 1 aliphatic rings. The number of urea groups is 1. The van der Waals surface area contributed by atoms with Crippen LogP contribution in [0, 0.1) is 13.8 Å². The van der Waals surface area contributed by atoms with Crippen molar-refractivity contribution < 1.29 is 9.90 Å². The third-order valence-electron chi connectivity index (χ3n) is 6.75. The summed E-state index contributed by atoms with van der Waals surface area (Å²) in [5.41, 5.74) is 12.6. The van der Waals surface area contributed by atoms with Gasteiger partial charge in [-0.25, -0.2) is 4.79 Å². The van der Waals surface area contributed by atoms with Crippen molar-refractivity contribution in [2.75, 3.05) is 0 Å². The van der Waals surface area contributed by atoms with Gasteiger partial charge in [0.1, 0.15) is 0 Å². The molecule has 7 nitrogen and oxygen atoms in total. The zero-order valence-corrected chi connectivity index (χ0v) is 19.9. The number of aromatic nitrogens is 2. The predicted octanol–water partition coefficient (Wildman–Crippen LogP) is 4.22. The molecule has 2 atom stereocenters. The lowest BCUT2D eigenvalue weighted by Crippen LogP contribution is -2.37. The molecule has 0 unspecified atom stereocenters. The minimum atomic E-state index is -0.565. The number of amides is 2. The highest BCUT2D eigenvalue weighted by atomic mass is 16.3. The first-order valence-electron chi connectivity index (χ1n) is 11.8. The summed E-state index contributed by atoms with van der Waals surface area (Å²) in [5.74, 6) is 0. The van der Waals surface area contributed by atoms with Crippen LogP contribution in [0.2, 0.25) is 0 Å². The van der Waals surface area contributed by atoms with Gasteiger partial charge in [0.05, 0.1) is 30.1 Å². The first kappa shape index (κ1) is 23.9. The summed E-state index contributed by atoms with van der Waals surface area (Å²) in [7, 11) is 0. The zero-order chi connectivity index (χ0) is 24.1. The number of piperidine rings is 1. The van der Waals surface area contributed by atoms with E-state index in [2.05, 4.69) is 36.2 Å².